The molecule has 0 bridgehead atoms. The Morgan fingerprint density at radius 3 is 2.13 bits per heavy atom. The smallest absolute Gasteiger partial charge is 0.338 e. The van der Waals surface area contributed by atoms with Crippen LogP contribution in [0.15, 0.2) is 91.0 Å². The molecule has 4 amide bonds. The molecule has 0 saturated carbocycles. The number of amides is 4. The van der Waals surface area contributed by atoms with Crippen LogP contribution in [0.3, 0.4) is 0 Å². The number of carbonyl (C=O) groups is 3. The average Bonchev–Trinajstić information content (AvgIpc) is 3.13. The molecule has 12 heteroatoms. The molecule has 0 aliphatic heterocycles. The Morgan fingerprint density at radius 2 is 1.47 bits per heavy atom. The minimum absolute atomic E-state index is 0.169. The summed E-state index contributed by atoms with van der Waals surface area (Å²) in [7, 11) is 0. The topological polar surface area (TPSA) is 127 Å². The Bertz CT molecular complexity index is 1770. The summed E-state index contributed by atoms with van der Waals surface area (Å²) >= 11 is 5.93. The Labute approximate surface area is 317 Å². The van der Waals surface area contributed by atoms with Gasteiger partial charge in [-0.15, -0.1) is 0 Å². The molecule has 0 heterocycles. The number of nitrogens with zero attached hydrogens (tertiary/aromatic N) is 1. The fourth-order valence-electron chi connectivity index (χ4n) is 5.75. The number of urea groups is 1. The highest BCUT2D eigenvalue weighted by atomic mass is 35.5. The second kappa shape index (κ2) is 20.0. The summed E-state index contributed by atoms with van der Waals surface area (Å²) in [5, 5.41) is 8.15. The van der Waals surface area contributed by atoms with E-state index in [4.69, 9.17) is 30.6 Å². The van der Waals surface area contributed by atoms with Crippen molar-refractivity contribution in [2.75, 3.05) is 19.8 Å². The number of hydrogen-bond donors (Lipinski definition) is 3. The maximum Gasteiger partial charge on any atom is 0.338 e. The van der Waals surface area contributed by atoms with Gasteiger partial charge in [-0.25, -0.2) is 10.3 Å². The Hall–Kier alpha value is -4.68. The fourth-order valence-corrected chi connectivity index (χ4v) is 5.87. The van der Waals surface area contributed by atoms with Gasteiger partial charge in [0.15, 0.2) is 12.9 Å². The molecule has 2 unspecified atom stereocenters. The number of nitrogens with one attached hydrogen (secondary N) is 3. The molecule has 0 aliphatic carbocycles. The first-order valence-electron chi connectivity index (χ1n) is 17.8. The lowest BCUT2D eigenvalue weighted by Crippen LogP contribution is -2.55. The maximum atomic E-state index is 14.8. The van der Waals surface area contributed by atoms with Gasteiger partial charge in [0.05, 0.1) is 6.04 Å². The summed E-state index contributed by atoms with van der Waals surface area (Å²) in [5.41, 5.74) is 4.41. The second-order valence-corrected chi connectivity index (χ2v) is 13.9. The average molecular weight is 747 g/mol. The molecule has 284 valence electrons. The predicted molar refractivity (Wildman–Crippen MR) is 206 cm³/mol. The number of fused-ring (bicyclic) bond motifs is 1. The van der Waals surface area contributed by atoms with Crippen LogP contribution in [0.25, 0.3) is 10.8 Å². The van der Waals surface area contributed by atoms with E-state index in [0.29, 0.717) is 24.0 Å². The van der Waals surface area contributed by atoms with E-state index in [0.717, 1.165) is 27.5 Å². The van der Waals surface area contributed by atoms with Gasteiger partial charge in [0.2, 0.25) is 11.8 Å². The van der Waals surface area contributed by atoms with Gasteiger partial charge in [0.1, 0.15) is 17.4 Å². The van der Waals surface area contributed by atoms with Crippen molar-refractivity contribution in [3.8, 4) is 5.75 Å². The zero-order valence-electron chi connectivity index (χ0n) is 31.3. The van der Waals surface area contributed by atoms with Gasteiger partial charge in [-0.1, -0.05) is 78.3 Å². The molecule has 53 heavy (non-hydrogen) atoms. The molecule has 4 rings (SSSR count). The monoisotopic (exact) mass is 746 g/mol. The van der Waals surface area contributed by atoms with Crippen molar-refractivity contribution in [3.05, 3.63) is 113 Å². The van der Waals surface area contributed by atoms with Gasteiger partial charge in [-0.2, -0.15) is 0 Å². The van der Waals surface area contributed by atoms with Crippen molar-refractivity contribution in [3.63, 3.8) is 0 Å². The lowest BCUT2D eigenvalue weighted by Gasteiger charge is -2.37. The molecule has 11 nitrogen and oxygen atoms in total. The maximum absolute atomic E-state index is 14.8. The van der Waals surface area contributed by atoms with Crippen LogP contribution >= 0.6 is 11.6 Å². The number of rotatable bonds is 18. The van der Waals surface area contributed by atoms with Crippen LogP contribution in [-0.2, 0) is 43.4 Å². The Balaban J connectivity index is 1.56. The summed E-state index contributed by atoms with van der Waals surface area (Å²) < 4.78 is 17.9. The molecule has 2 atom stereocenters. The molecular weight excluding hydrogens is 696 g/mol. The normalized spacial score (nSPS) is 12.6. The summed E-state index contributed by atoms with van der Waals surface area (Å²) in [6.45, 7) is 12.2. The highest BCUT2D eigenvalue weighted by Crippen LogP contribution is 2.24. The molecule has 4 aromatic carbocycles. The predicted octanol–water partition coefficient (Wildman–Crippen LogP) is 6.95. The van der Waals surface area contributed by atoms with E-state index >= 15 is 0 Å². The molecule has 0 aliphatic rings. The molecule has 3 N–H and O–H groups in total. The minimum atomic E-state index is -1.01. The van der Waals surface area contributed by atoms with Crippen molar-refractivity contribution >= 4 is 40.2 Å². The van der Waals surface area contributed by atoms with E-state index in [-0.39, 0.29) is 31.0 Å². The lowest BCUT2D eigenvalue weighted by molar-refractivity contribution is -0.179. The summed E-state index contributed by atoms with van der Waals surface area (Å²) in [6.07, 6.45) is -0.546. The third-order valence-corrected chi connectivity index (χ3v) is 8.46. The molecule has 0 saturated heterocycles. The summed E-state index contributed by atoms with van der Waals surface area (Å²) in [6, 6.07) is 26.2. The zero-order valence-corrected chi connectivity index (χ0v) is 32.1. The van der Waals surface area contributed by atoms with Crippen LogP contribution in [0, 0.1) is 0 Å². The number of hydrogen-bond acceptors (Lipinski definition) is 7. The van der Waals surface area contributed by atoms with E-state index in [1.165, 1.54) is 0 Å². The summed E-state index contributed by atoms with van der Waals surface area (Å²) in [5.74, 6) is -0.255. The standard InChI is InChI=1S/C41H51ClN4O7/c1-7-50-39(51-8-2)28(3)46(26-32-14-11-13-31-12-9-10-15-35(31)32)38(48)36(24-29-18-22-34(23-19-29)53-41(4,5)6)44-37(47)27-52-45-40(49)43-25-30-16-20-33(42)21-17-30/h9-23,28,36,39H,7-8,24-27H2,1-6H3,(H,44,47)(H2,43,45,49). The second-order valence-electron chi connectivity index (χ2n) is 13.5. The van der Waals surface area contributed by atoms with Gasteiger partial charge in [-0.05, 0) is 93.3 Å². The number of benzene rings is 4. The van der Waals surface area contributed by atoms with E-state index in [9.17, 15) is 14.4 Å². The van der Waals surface area contributed by atoms with E-state index in [2.05, 4.69) is 16.1 Å². The van der Waals surface area contributed by atoms with Crippen LogP contribution in [-0.4, -0.2) is 66.5 Å². The number of halogens is 1. The van der Waals surface area contributed by atoms with Gasteiger partial charge in [0.25, 0.3) is 0 Å². The molecule has 0 fully saturated rings. The quantitative estimate of drug-likeness (QED) is 0.0744. The summed E-state index contributed by atoms with van der Waals surface area (Å²) in [4.78, 5) is 47.4. The number of carbonyl (C=O) groups excluding carboxylic acids is 3. The fraction of sp³-hybridized carbons (Fsp3) is 0.390. The van der Waals surface area contributed by atoms with Gasteiger partial charge in [0, 0.05) is 37.7 Å². The van der Waals surface area contributed by atoms with E-state index in [1.807, 2.05) is 108 Å². The molecular formula is C41H51ClN4O7. The largest absolute Gasteiger partial charge is 0.488 e. The van der Waals surface area contributed by atoms with Gasteiger partial charge in [-0.3, -0.25) is 14.4 Å². The van der Waals surface area contributed by atoms with Crippen molar-refractivity contribution in [2.45, 2.75) is 85.0 Å². The van der Waals surface area contributed by atoms with Gasteiger partial charge >= 0.3 is 6.03 Å². The molecule has 4 aromatic rings. The van der Waals surface area contributed by atoms with Crippen LogP contribution in [0.4, 0.5) is 4.79 Å². The SMILES string of the molecule is CCOC(OCC)C(C)N(Cc1cccc2ccccc12)C(=O)C(Cc1ccc(OC(C)(C)C)cc1)NC(=O)CONC(=O)NCc1ccc(Cl)cc1. The highest BCUT2D eigenvalue weighted by molar-refractivity contribution is 6.30. The van der Waals surface area contributed by atoms with Crippen LogP contribution in [0.2, 0.25) is 5.02 Å². The first-order chi connectivity index (χ1) is 25.4. The highest BCUT2D eigenvalue weighted by Gasteiger charge is 2.34. The van der Waals surface area contributed by atoms with Crippen molar-refractivity contribution in [1.82, 2.24) is 21.0 Å². The zero-order chi connectivity index (χ0) is 38.4. The van der Waals surface area contributed by atoms with Crippen LogP contribution < -0.4 is 20.9 Å². The number of hydroxylamine groups is 1. The molecule has 0 aromatic heterocycles. The van der Waals surface area contributed by atoms with E-state index < -0.39 is 36.9 Å². The Morgan fingerprint density at radius 1 is 0.830 bits per heavy atom. The number of ether oxygens (including phenoxy) is 3. The van der Waals surface area contributed by atoms with Crippen molar-refractivity contribution in [2.24, 2.45) is 0 Å². The van der Waals surface area contributed by atoms with E-state index in [1.54, 1.807) is 29.2 Å². The van der Waals surface area contributed by atoms with Crippen LogP contribution in [0.5, 0.6) is 5.75 Å². The van der Waals surface area contributed by atoms with Gasteiger partial charge < -0.3 is 29.7 Å². The first kappa shape index (κ1) is 41.1. The van der Waals surface area contributed by atoms with Crippen molar-refractivity contribution in [1.29, 1.82) is 0 Å². The Kier molecular flexibility index (Phi) is 15.5. The van der Waals surface area contributed by atoms with Crippen molar-refractivity contribution < 1.29 is 33.4 Å². The van der Waals surface area contributed by atoms with Crippen LogP contribution in [0.1, 0.15) is 58.2 Å². The minimum Gasteiger partial charge on any atom is -0.488 e. The lowest BCUT2D eigenvalue weighted by atomic mass is 10.0. The third kappa shape index (κ3) is 13.0. The first-order valence-corrected chi connectivity index (χ1v) is 18.2. The molecule has 0 spiro atoms. The third-order valence-electron chi connectivity index (χ3n) is 8.21. The molecule has 0 radical (unpaired) electrons.